The van der Waals surface area contributed by atoms with Gasteiger partial charge in [0.2, 0.25) is 6.79 Å². The number of hydrogen-bond acceptors (Lipinski definition) is 5. The minimum absolute atomic E-state index is 0.0526. The van der Waals surface area contributed by atoms with Crippen LogP contribution in [0.3, 0.4) is 0 Å². The molecule has 5 rings (SSSR count). The number of para-hydroxylation sites is 1. The smallest absolute Gasteiger partial charge is 0.256 e. The van der Waals surface area contributed by atoms with Gasteiger partial charge < -0.3 is 19.4 Å². The van der Waals surface area contributed by atoms with Gasteiger partial charge in [0.25, 0.3) is 5.91 Å². The van der Waals surface area contributed by atoms with E-state index in [2.05, 4.69) is 9.97 Å². The number of ether oxygens (including phenoxy) is 2. The van der Waals surface area contributed by atoms with E-state index in [1.165, 1.54) is 0 Å². The number of hydrogen-bond donors (Lipinski definition) is 1. The molecule has 1 fully saturated rings. The quantitative estimate of drug-likeness (QED) is 0.640. The summed E-state index contributed by atoms with van der Waals surface area (Å²) in [7, 11) is 0. The summed E-state index contributed by atoms with van der Waals surface area (Å²) in [5.74, 6) is 1.37. The lowest BCUT2D eigenvalue weighted by molar-refractivity contribution is -0.119. The maximum absolute atomic E-state index is 13.5. The van der Waals surface area contributed by atoms with Gasteiger partial charge in [0.15, 0.2) is 16.6 Å². The van der Waals surface area contributed by atoms with E-state index in [-0.39, 0.29) is 12.7 Å². The fourth-order valence-electron chi connectivity index (χ4n) is 3.85. The predicted molar refractivity (Wildman–Crippen MR) is 115 cm³/mol. The molecule has 0 spiro atoms. The number of thiocarbonyl (C=S) groups is 1. The van der Waals surface area contributed by atoms with Crippen LogP contribution in [0, 0.1) is 6.92 Å². The van der Waals surface area contributed by atoms with Gasteiger partial charge in [-0.1, -0.05) is 29.8 Å². The minimum atomic E-state index is -0.447. The molecule has 2 aliphatic heterocycles. The van der Waals surface area contributed by atoms with Crippen LogP contribution in [-0.4, -0.2) is 38.7 Å². The SMILES string of the molecule is Cc1ccc(N2C(=O)C(Cc3cnc[nH]3)N(Cc3cccc4c3OCO4)C2=S)cc1. The number of nitrogens with one attached hydrogen (secondary N) is 1. The molecule has 3 heterocycles. The molecule has 1 unspecified atom stereocenters. The van der Waals surface area contributed by atoms with Crippen LogP contribution in [-0.2, 0) is 17.8 Å². The molecule has 1 aromatic heterocycles. The van der Waals surface area contributed by atoms with Crippen molar-refractivity contribution in [3.8, 4) is 11.5 Å². The number of amides is 1. The molecular weight excluding hydrogens is 400 g/mol. The van der Waals surface area contributed by atoms with Crippen LogP contribution in [0.5, 0.6) is 11.5 Å². The summed E-state index contributed by atoms with van der Waals surface area (Å²) in [6.07, 6.45) is 3.83. The Morgan fingerprint density at radius 1 is 1.20 bits per heavy atom. The fraction of sp³-hybridized carbons (Fsp3) is 0.227. The van der Waals surface area contributed by atoms with Crippen LogP contribution in [0.15, 0.2) is 55.0 Å². The van der Waals surface area contributed by atoms with E-state index in [1.54, 1.807) is 17.4 Å². The number of aromatic amines is 1. The van der Waals surface area contributed by atoms with Gasteiger partial charge in [-0.3, -0.25) is 9.69 Å². The molecule has 0 bridgehead atoms. The topological polar surface area (TPSA) is 70.7 Å². The summed E-state index contributed by atoms with van der Waals surface area (Å²) < 4.78 is 11.2. The van der Waals surface area contributed by atoms with Crippen molar-refractivity contribution in [2.45, 2.75) is 25.9 Å². The third-order valence-corrected chi connectivity index (χ3v) is 5.81. The summed E-state index contributed by atoms with van der Waals surface area (Å²) in [4.78, 5) is 24.2. The van der Waals surface area contributed by atoms with Crippen LogP contribution in [0.1, 0.15) is 16.8 Å². The predicted octanol–water partition coefficient (Wildman–Crippen LogP) is 3.19. The summed E-state index contributed by atoms with van der Waals surface area (Å²) in [6.45, 7) is 2.65. The number of benzene rings is 2. The Bertz CT molecular complexity index is 1100. The van der Waals surface area contributed by atoms with Gasteiger partial charge in [-0.25, -0.2) is 4.98 Å². The van der Waals surface area contributed by atoms with Crippen molar-refractivity contribution in [2.24, 2.45) is 0 Å². The Labute approximate surface area is 179 Å². The molecule has 30 heavy (non-hydrogen) atoms. The molecule has 7 nitrogen and oxygen atoms in total. The lowest BCUT2D eigenvalue weighted by Gasteiger charge is -2.24. The Morgan fingerprint density at radius 2 is 2.03 bits per heavy atom. The molecule has 2 aromatic carbocycles. The molecule has 1 N–H and O–H groups in total. The lowest BCUT2D eigenvalue weighted by Crippen LogP contribution is -2.36. The third kappa shape index (κ3) is 3.19. The summed E-state index contributed by atoms with van der Waals surface area (Å²) in [5.41, 5.74) is 3.70. The highest BCUT2D eigenvalue weighted by molar-refractivity contribution is 7.80. The number of rotatable bonds is 5. The minimum Gasteiger partial charge on any atom is -0.454 e. The number of aromatic nitrogens is 2. The van der Waals surface area contributed by atoms with E-state index in [0.29, 0.717) is 29.6 Å². The first kappa shape index (κ1) is 18.6. The van der Waals surface area contributed by atoms with E-state index < -0.39 is 6.04 Å². The Kier molecular flexibility index (Phi) is 4.63. The van der Waals surface area contributed by atoms with Crippen molar-refractivity contribution >= 4 is 28.9 Å². The molecule has 1 amide bonds. The summed E-state index contributed by atoms with van der Waals surface area (Å²) >= 11 is 5.79. The second-order valence-electron chi connectivity index (χ2n) is 7.37. The van der Waals surface area contributed by atoms with Crippen molar-refractivity contribution < 1.29 is 14.3 Å². The normalized spacial score (nSPS) is 17.8. The molecule has 0 aliphatic carbocycles. The average molecular weight is 420 g/mol. The van der Waals surface area contributed by atoms with Crippen molar-refractivity contribution in [3.63, 3.8) is 0 Å². The molecule has 0 saturated carbocycles. The van der Waals surface area contributed by atoms with Gasteiger partial charge in [-0.05, 0) is 37.3 Å². The molecule has 2 aliphatic rings. The number of carbonyl (C=O) groups is 1. The van der Waals surface area contributed by atoms with E-state index in [1.807, 2.05) is 54.3 Å². The van der Waals surface area contributed by atoms with E-state index >= 15 is 0 Å². The molecular formula is C22H20N4O3S. The highest BCUT2D eigenvalue weighted by Gasteiger charge is 2.43. The molecule has 0 radical (unpaired) electrons. The van der Waals surface area contributed by atoms with Gasteiger partial charge in [-0.2, -0.15) is 0 Å². The number of imidazole rings is 1. The molecule has 8 heteroatoms. The third-order valence-electron chi connectivity index (χ3n) is 5.40. The molecule has 152 valence electrons. The maximum Gasteiger partial charge on any atom is 0.256 e. The molecule has 1 saturated heterocycles. The Balaban J connectivity index is 1.51. The van der Waals surface area contributed by atoms with Crippen LogP contribution < -0.4 is 14.4 Å². The van der Waals surface area contributed by atoms with Crippen molar-refractivity contribution in [1.82, 2.24) is 14.9 Å². The van der Waals surface area contributed by atoms with Gasteiger partial charge in [-0.15, -0.1) is 0 Å². The first-order chi connectivity index (χ1) is 14.6. The maximum atomic E-state index is 13.5. The van der Waals surface area contributed by atoms with Gasteiger partial charge in [0.1, 0.15) is 6.04 Å². The van der Waals surface area contributed by atoms with Crippen LogP contribution in [0.4, 0.5) is 5.69 Å². The number of H-pyrrole nitrogens is 1. The average Bonchev–Trinajstić information content (AvgIpc) is 3.47. The van der Waals surface area contributed by atoms with Gasteiger partial charge in [0, 0.05) is 30.4 Å². The zero-order valence-electron chi connectivity index (χ0n) is 16.4. The number of nitrogens with zero attached hydrogens (tertiary/aromatic N) is 3. The number of carbonyl (C=O) groups excluding carboxylic acids is 1. The van der Waals surface area contributed by atoms with Crippen molar-refractivity contribution in [3.05, 3.63) is 71.8 Å². The number of aryl methyl sites for hydroxylation is 1. The van der Waals surface area contributed by atoms with Crippen molar-refractivity contribution in [1.29, 1.82) is 0 Å². The highest BCUT2D eigenvalue weighted by atomic mass is 32.1. The number of fused-ring (bicyclic) bond motifs is 1. The zero-order valence-corrected chi connectivity index (χ0v) is 17.2. The largest absolute Gasteiger partial charge is 0.454 e. The highest BCUT2D eigenvalue weighted by Crippen LogP contribution is 2.37. The lowest BCUT2D eigenvalue weighted by atomic mass is 10.1. The summed E-state index contributed by atoms with van der Waals surface area (Å²) in [5, 5.41) is 0.477. The Morgan fingerprint density at radius 3 is 2.80 bits per heavy atom. The zero-order chi connectivity index (χ0) is 20.7. The van der Waals surface area contributed by atoms with E-state index in [0.717, 1.165) is 22.5 Å². The van der Waals surface area contributed by atoms with E-state index in [9.17, 15) is 4.79 Å². The first-order valence-electron chi connectivity index (χ1n) is 9.68. The molecule has 1 atom stereocenters. The monoisotopic (exact) mass is 420 g/mol. The number of anilines is 1. The second-order valence-corrected chi connectivity index (χ2v) is 7.73. The van der Waals surface area contributed by atoms with Crippen molar-refractivity contribution in [2.75, 3.05) is 11.7 Å². The van der Waals surface area contributed by atoms with Gasteiger partial charge >= 0.3 is 0 Å². The fourth-order valence-corrected chi connectivity index (χ4v) is 4.24. The summed E-state index contributed by atoms with van der Waals surface area (Å²) in [6, 6.07) is 13.1. The standard InChI is InChI=1S/C22H20N4O3S/c1-14-5-7-17(8-6-14)26-21(27)18(9-16-10-23-12-24-16)25(22(26)30)11-15-3-2-4-19-20(15)29-13-28-19/h2-8,10,12,18H,9,11,13H2,1H3,(H,23,24). The second kappa shape index (κ2) is 7.46. The van der Waals surface area contributed by atoms with Crippen LogP contribution >= 0.6 is 12.2 Å². The molecule has 3 aromatic rings. The van der Waals surface area contributed by atoms with E-state index in [4.69, 9.17) is 21.7 Å². The van der Waals surface area contributed by atoms with Crippen LogP contribution in [0.2, 0.25) is 0 Å². The van der Waals surface area contributed by atoms with Gasteiger partial charge in [0.05, 0.1) is 12.0 Å². The first-order valence-corrected chi connectivity index (χ1v) is 10.1. The Hall–Kier alpha value is -3.39. The van der Waals surface area contributed by atoms with Crippen LogP contribution in [0.25, 0.3) is 0 Å².